The maximum atomic E-state index is 12.3. The smallest absolute Gasteiger partial charge is 0.323 e. The normalized spacial score (nSPS) is 23.8. The van der Waals surface area contributed by atoms with E-state index in [4.69, 9.17) is 9.84 Å². The Hall–Kier alpha value is -1.30. The second-order valence-corrected chi connectivity index (χ2v) is 5.12. The van der Waals surface area contributed by atoms with Gasteiger partial charge in [0.05, 0.1) is 19.3 Å². The van der Waals surface area contributed by atoms with Crippen LogP contribution < -0.4 is 0 Å². The minimum absolute atomic E-state index is 0.0155. The van der Waals surface area contributed by atoms with E-state index in [1.54, 1.807) is 4.90 Å². The molecule has 2 fully saturated rings. The molecule has 1 saturated carbocycles. The molecule has 2 aliphatic rings. The van der Waals surface area contributed by atoms with Gasteiger partial charge < -0.3 is 19.6 Å². The summed E-state index contributed by atoms with van der Waals surface area (Å²) in [7, 11) is 0. The number of hydrogen-bond donors (Lipinski definition) is 1. The summed E-state index contributed by atoms with van der Waals surface area (Å²) in [4.78, 5) is 26.4. The molecular weight excluding hydrogens is 236 g/mol. The molecule has 1 N–H and O–H groups in total. The van der Waals surface area contributed by atoms with Crippen molar-refractivity contribution >= 4 is 12.0 Å². The van der Waals surface area contributed by atoms with Crippen molar-refractivity contribution in [2.45, 2.75) is 25.8 Å². The number of morpholine rings is 1. The van der Waals surface area contributed by atoms with E-state index in [9.17, 15) is 9.59 Å². The van der Waals surface area contributed by atoms with Crippen LogP contribution in [-0.2, 0) is 9.53 Å². The van der Waals surface area contributed by atoms with Crippen LogP contribution in [0.5, 0.6) is 0 Å². The molecule has 0 aromatic rings. The summed E-state index contributed by atoms with van der Waals surface area (Å²) in [5.74, 6) is -0.463. The first-order chi connectivity index (χ1) is 8.58. The van der Waals surface area contributed by atoms with Crippen molar-refractivity contribution in [1.82, 2.24) is 9.80 Å². The van der Waals surface area contributed by atoms with Crippen molar-refractivity contribution in [1.29, 1.82) is 0 Å². The standard InChI is InChI=1S/C12H20N2O4/c1-9-8-18-5-4-14(9)12(17)13(7-11(15)16)6-10-2-3-10/h9-10H,2-8H2,1H3,(H,15,16). The van der Waals surface area contributed by atoms with E-state index < -0.39 is 5.97 Å². The Labute approximate surface area is 106 Å². The average molecular weight is 256 g/mol. The van der Waals surface area contributed by atoms with Gasteiger partial charge in [-0.3, -0.25) is 4.79 Å². The molecule has 1 saturated heterocycles. The molecule has 0 aromatic carbocycles. The lowest BCUT2D eigenvalue weighted by molar-refractivity contribution is -0.137. The monoisotopic (exact) mass is 256 g/mol. The zero-order valence-corrected chi connectivity index (χ0v) is 10.7. The van der Waals surface area contributed by atoms with Gasteiger partial charge in [0.15, 0.2) is 0 Å². The molecule has 1 aliphatic heterocycles. The Balaban J connectivity index is 1.98. The van der Waals surface area contributed by atoms with Crippen LogP contribution >= 0.6 is 0 Å². The fraction of sp³-hybridized carbons (Fsp3) is 0.833. The highest BCUT2D eigenvalue weighted by atomic mass is 16.5. The molecule has 6 nitrogen and oxygen atoms in total. The maximum Gasteiger partial charge on any atom is 0.323 e. The van der Waals surface area contributed by atoms with Gasteiger partial charge in [-0.05, 0) is 25.7 Å². The molecule has 2 amide bonds. The molecule has 0 aromatic heterocycles. The van der Waals surface area contributed by atoms with Gasteiger partial charge >= 0.3 is 12.0 Å². The van der Waals surface area contributed by atoms with Gasteiger partial charge in [0, 0.05) is 13.1 Å². The number of carbonyl (C=O) groups excluding carboxylic acids is 1. The molecule has 18 heavy (non-hydrogen) atoms. The third-order valence-electron chi connectivity index (χ3n) is 3.39. The molecule has 0 bridgehead atoms. The topological polar surface area (TPSA) is 70.1 Å². The molecular formula is C12H20N2O4. The van der Waals surface area contributed by atoms with Crippen molar-refractivity contribution in [3.63, 3.8) is 0 Å². The van der Waals surface area contributed by atoms with Crippen LogP contribution in [0, 0.1) is 5.92 Å². The molecule has 1 unspecified atom stereocenters. The SMILES string of the molecule is CC1COCCN1C(=O)N(CC(=O)O)CC1CC1. The van der Waals surface area contributed by atoms with Gasteiger partial charge in [-0.15, -0.1) is 0 Å². The number of carboxylic acid groups (broad SMARTS) is 1. The van der Waals surface area contributed by atoms with E-state index in [1.807, 2.05) is 6.92 Å². The summed E-state index contributed by atoms with van der Waals surface area (Å²) in [5.41, 5.74) is 0. The number of aliphatic carboxylic acids is 1. The zero-order valence-electron chi connectivity index (χ0n) is 10.7. The number of carboxylic acids is 1. The molecule has 6 heteroatoms. The highest BCUT2D eigenvalue weighted by Gasteiger charge is 2.32. The molecule has 2 rings (SSSR count). The Morgan fingerprint density at radius 1 is 1.44 bits per heavy atom. The second-order valence-electron chi connectivity index (χ2n) is 5.12. The number of carbonyl (C=O) groups is 2. The first kappa shape index (κ1) is 13.1. The van der Waals surface area contributed by atoms with E-state index in [1.165, 1.54) is 4.90 Å². The third-order valence-corrected chi connectivity index (χ3v) is 3.39. The van der Waals surface area contributed by atoms with Crippen molar-refractivity contribution < 1.29 is 19.4 Å². The third kappa shape index (κ3) is 3.35. The number of rotatable bonds is 4. The fourth-order valence-corrected chi connectivity index (χ4v) is 2.18. The Morgan fingerprint density at radius 3 is 2.72 bits per heavy atom. The second kappa shape index (κ2) is 5.56. The van der Waals surface area contributed by atoms with Crippen molar-refractivity contribution in [2.24, 2.45) is 5.92 Å². The Morgan fingerprint density at radius 2 is 2.17 bits per heavy atom. The van der Waals surface area contributed by atoms with Gasteiger partial charge in [0.2, 0.25) is 0 Å². The molecule has 1 aliphatic carbocycles. The van der Waals surface area contributed by atoms with Crippen LogP contribution in [0.25, 0.3) is 0 Å². The van der Waals surface area contributed by atoms with Crippen LogP contribution in [0.2, 0.25) is 0 Å². The van der Waals surface area contributed by atoms with E-state index >= 15 is 0 Å². The van der Waals surface area contributed by atoms with E-state index in [-0.39, 0.29) is 18.6 Å². The van der Waals surface area contributed by atoms with Gasteiger partial charge in [0.25, 0.3) is 0 Å². The first-order valence-electron chi connectivity index (χ1n) is 6.43. The summed E-state index contributed by atoms with van der Waals surface area (Å²) in [6.45, 7) is 3.87. The predicted octanol–water partition coefficient (Wildman–Crippen LogP) is 0.624. The van der Waals surface area contributed by atoms with E-state index in [0.29, 0.717) is 32.2 Å². The number of nitrogens with zero attached hydrogens (tertiary/aromatic N) is 2. The number of urea groups is 1. The molecule has 1 heterocycles. The van der Waals surface area contributed by atoms with E-state index in [2.05, 4.69) is 0 Å². The van der Waals surface area contributed by atoms with Gasteiger partial charge in [-0.1, -0.05) is 0 Å². The lowest BCUT2D eigenvalue weighted by Crippen LogP contribution is -2.53. The molecule has 0 radical (unpaired) electrons. The van der Waals surface area contributed by atoms with Crippen LogP contribution in [0.1, 0.15) is 19.8 Å². The number of ether oxygens (including phenoxy) is 1. The molecule has 1 atom stereocenters. The Kier molecular flexibility index (Phi) is 4.06. The summed E-state index contributed by atoms with van der Waals surface area (Å²) >= 11 is 0. The Bertz CT molecular complexity index is 330. The average Bonchev–Trinajstić information content (AvgIpc) is 3.11. The first-order valence-corrected chi connectivity index (χ1v) is 6.43. The predicted molar refractivity (Wildman–Crippen MR) is 64.3 cm³/mol. The lowest BCUT2D eigenvalue weighted by atomic mass is 10.2. The summed E-state index contributed by atoms with van der Waals surface area (Å²) in [6, 6.07) is -0.151. The van der Waals surface area contributed by atoms with Crippen molar-refractivity contribution in [2.75, 3.05) is 32.8 Å². The largest absolute Gasteiger partial charge is 0.480 e. The highest BCUT2D eigenvalue weighted by Crippen LogP contribution is 2.30. The number of hydrogen-bond acceptors (Lipinski definition) is 3. The lowest BCUT2D eigenvalue weighted by Gasteiger charge is -2.36. The van der Waals surface area contributed by atoms with Crippen LogP contribution in [0.4, 0.5) is 4.79 Å². The maximum absolute atomic E-state index is 12.3. The van der Waals surface area contributed by atoms with Crippen molar-refractivity contribution in [3.05, 3.63) is 0 Å². The minimum Gasteiger partial charge on any atom is -0.480 e. The molecule has 0 spiro atoms. The van der Waals surface area contributed by atoms with Crippen LogP contribution in [0.15, 0.2) is 0 Å². The van der Waals surface area contributed by atoms with Gasteiger partial charge in [-0.2, -0.15) is 0 Å². The van der Waals surface area contributed by atoms with Gasteiger partial charge in [0.1, 0.15) is 6.54 Å². The van der Waals surface area contributed by atoms with Gasteiger partial charge in [-0.25, -0.2) is 4.79 Å². The fourth-order valence-electron chi connectivity index (χ4n) is 2.18. The van der Waals surface area contributed by atoms with Crippen LogP contribution in [-0.4, -0.2) is 65.8 Å². The highest BCUT2D eigenvalue weighted by molar-refractivity contribution is 5.80. The quantitative estimate of drug-likeness (QED) is 0.800. The number of amides is 2. The minimum atomic E-state index is -0.954. The van der Waals surface area contributed by atoms with Crippen LogP contribution in [0.3, 0.4) is 0 Å². The summed E-state index contributed by atoms with van der Waals surface area (Å²) < 4.78 is 5.29. The van der Waals surface area contributed by atoms with E-state index in [0.717, 1.165) is 12.8 Å². The summed E-state index contributed by atoms with van der Waals surface area (Å²) in [6.07, 6.45) is 2.20. The summed E-state index contributed by atoms with van der Waals surface area (Å²) in [5, 5.41) is 8.89. The molecule has 102 valence electrons. The zero-order chi connectivity index (χ0) is 13.1. The van der Waals surface area contributed by atoms with Crippen molar-refractivity contribution in [3.8, 4) is 0 Å².